The Kier molecular flexibility index (Phi) is 12.3. The van der Waals surface area contributed by atoms with Crippen LogP contribution in [0.3, 0.4) is 0 Å². The first-order chi connectivity index (χ1) is 26.9. The zero-order chi connectivity index (χ0) is 41.7. The van der Waals surface area contributed by atoms with E-state index in [-0.39, 0.29) is 93.8 Å². The predicted octanol–water partition coefficient (Wildman–Crippen LogP) is 4.79. The number of allylic oxidation sites excluding steroid dienone is 2. The normalized spacial score (nSPS) is 12.5. The molecule has 0 spiro atoms. The van der Waals surface area contributed by atoms with E-state index in [0.29, 0.717) is 27.7 Å². The summed E-state index contributed by atoms with van der Waals surface area (Å²) in [5, 5.41) is 68.4. The Morgan fingerprint density at radius 2 is 0.789 bits per heavy atom. The van der Waals surface area contributed by atoms with Crippen LogP contribution < -0.4 is 0 Å². The molecule has 0 radical (unpaired) electrons. The van der Waals surface area contributed by atoms with Gasteiger partial charge in [0.25, 0.3) is 0 Å². The molecule has 5 rings (SSSR count). The number of H-pyrrole nitrogens is 2. The van der Waals surface area contributed by atoms with Crippen LogP contribution in [0.5, 0.6) is 0 Å². The zero-order valence-corrected chi connectivity index (χ0v) is 30.5. The van der Waals surface area contributed by atoms with Crippen molar-refractivity contribution < 1.29 is 69.3 Å². The van der Waals surface area contributed by atoms with Crippen molar-refractivity contribution in [3.63, 3.8) is 0 Å². The molecule has 5 heterocycles. The highest BCUT2D eigenvalue weighted by molar-refractivity contribution is 6.02. The van der Waals surface area contributed by atoms with Gasteiger partial charge in [0.05, 0.1) is 42.0 Å². The monoisotopic (exact) mass is 786 g/mol. The van der Waals surface area contributed by atoms with Crippen molar-refractivity contribution >= 4 is 86.1 Å². The first-order valence-corrected chi connectivity index (χ1v) is 17.6. The van der Waals surface area contributed by atoms with E-state index >= 15 is 0 Å². The molecule has 18 heteroatoms. The van der Waals surface area contributed by atoms with Crippen LogP contribution in [0.1, 0.15) is 96.4 Å². The van der Waals surface area contributed by atoms with E-state index in [9.17, 15) is 69.3 Å². The number of carboxylic acid groups (broad SMARTS) is 7. The molecule has 0 saturated carbocycles. The number of nitrogens with zero attached hydrogens (tertiary/aromatic N) is 2. The van der Waals surface area contributed by atoms with Crippen LogP contribution >= 0.6 is 0 Å². The third-order valence-corrected chi connectivity index (χ3v) is 9.65. The molecule has 0 aliphatic carbocycles. The second-order valence-electron chi connectivity index (χ2n) is 13.5. The molecular weight excluding hydrogens is 748 g/mol. The average molecular weight is 787 g/mol. The molecule has 2 aliphatic rings. The number of nitrogens with one attached hydrogen (secondary N) is 2. The van der Waals surface area contributed by atoms with Crippen molar-refractivity contribution in [2.75, 3.05) is 0 Å². The lowest BCUT2D eigenvalue weighted by atomic mass is 9.95. The number of fused-ring (bicyclic) bond motifs is 8. The molecule has 57 heavy (non-hydrogen) atoms. The molecule has 8 bridgehead atoms. The Bertz CT molecular complexity index is 2470. The fourth-order valence-corrected chi connectivity index (χ4v) is 7.13. The Balaban J connectivity index is 2.04. The van der Waals surface area contributed by atoms with E-state index < -0.39 is 80.3 Å². The maximum absolute atomic E-state index is 12.3. The summed E-state index contributed by atoms with van der Waals surface area (Å²) in [6.45, 7) is 1.70. The molecule has 3 aromatic heterocycles. The minimum Gasteiger partial charge on any atom is -0.481 e. The molecule has 0 amide bonds. The van der Waals surface area contributed by atoms with E-state index in [1.165, 1.54) is 18.2 Å². The molecule has 0 saturated heterocycles. The molecule has 2 aliphatic heterocycles. The van der Waals surface area contributed by atoms with E-state index in [1.807, 2.05) is 0 Å². The Labute approximate surface area is 321 Å². The molecular formula is C39H38N4O14. The SMILES string of the molecule is Cc1c(CCC(=O)O)c2cc3[nH]c(cc4nc(cc5nc(cc1[nH]2)C(CC(=O)O)=C5CCC(=O)O)C(CC(=O)O)=C4CCC(=O)O)c(CC(=O)O)c3CCC(=O)O. The third kappa shape index (κ3) is 9.77. The highest BCUT2D eigenvalue weighted by Gasteiger charge is 2.28. The largest absolute Gasteiger partial charge is 0.481 e. The lowest BCUT2D eigenvalue weighted by Crippen LogP contribution is -2.04. The number of aryl methyl sites for hydroxylation is 3. The number of hydrogen-bond acceptors (Lipinski definition) is 9. The second kappa shape index (κ2) is 17.1. The first-order valence-electron chi connectivity index (χ1n) is 17.6. The van der Waals surface area contributed by atoms with Crippen molar-refractivity contribution in [1.29, 1.82) is 0 Å². The van der Waals surface area contributed by atoms with E-state index in [0.717, 1.165) is 0 Å². The quantitative estimate of drug-likeness (QED) is 0.0837. The summed E-state index contributed by atoms with van der Waals surface area (Å²) in [5.41, 5.74) is 3.68. The van der Waals surface area contributed by atoms with E-state index in [4.69, 9.17) is 4.98 Å². The van der Waals surface area contributed by atoms with E-state index in [1.54, 1.807) is 13.0 Å². The number of hydrogen-bond donors (Lipinski definition) is 9. The van der Waals surface area contributed by atoms with Crippen LogP contribution in [-0.2, 0) is 52.8 Å². The highest BCUT2D eigenvalue weighted by Crippen LogP contribution is 2.40. The first kappa shape index (κ1) is 41.1. The topological polar surface area (TPSA) is 318 Å². The minimum absolute atomic E-state index is 0.0113. The maximum Gasteiger partial charge on any atom is 0.307 e. The Hall–Kier alpha value is -7.11. The third-order valence-electron chi connectivity index (χ3n) is 9.65. The average Bonchev–Trinajstić information content (AvgIpc) is 3.77. The Morgan fingerprint density at radius 1 is 0.421 bits per heavy atom. The van der Waals surface area contributed by atoms with Crippen molar-refractivity contribution in [2.24, 2.45) is 0 Å². The van der Waals surface area contributed by atoms with Gasteiger partial charge in [0.1, 0.15) is 0 Å². The van der Waals surface area contributed by atoms with Gasteiger partial charge in [0.2, 0.25) is 0 Å². The lowest BCUT2D eigenvalue weighted by molar-refractivity contribution is -0.138. The van der Waals surface area contributed by atoms with Crippen molar-refractivity contribution in [2.45, 2.75) is 77.6 Å². The molecule has 0 unspecified atom stereocenters. The van der Waals surface area contributed by atoms with Gasteiger partial charge in [-0.15, -0.1) is 0 Å². The Morgan fingerprint density at radius 3 is 1.28 bits per heavy atom. The van der Waals surface area contributed by atoms with Crippen LogP contribution in [-0.4, -0.2) is 97.5 Å². The lowest BCUT2D eigenvalue weighted by Gasteiger charge is -2.07. The summed E-state index contributed by atoms with van der Waals surface area (Å²) in [6.07, 6.45) is -3.93. The van der Waals surface area contributed by atoms with Crippen molar-refractivity contribution in [1.82, 2.24) is 19.9 Å². The van der Waals surface area contributed by atoms with Gasteiger partial charge < -0.3 is 45.7 Å². The molecule has 0 aromatic carbocycles. The second-order valence-corrected chi connectivity index (χ2v) is 13.5. The molecule has 3 aromatic rings. The minimum atomic E-state index is -1.30. The van der Waals surface area contributed by atoms with Crippen LogP contribution in [0.4, 0.5) is 0 Å². The number of rotatable bonds is 18. The fourth-order valence-electron chi connectivity index (χ4n) is 7.13. The summed E-state index contributed by atoms with van der Waals surface area (Å²) in [4.78, 5) is 99.6. The number of aromatic amines is 2. The summed E-state index contributed by atoms with van der Waals surface area (Å²) in [6, 6.07) is 5.90. The molecule has 18 nitrogen and oxygen atoms in total. The fraction of sp³-hybridized carbons (Fsp3) is 0.308. The molecule has 0 atom stereocenters. The number of carboxylic acids is 7. The van der Waals surface area contributed by atoms with E-state index in [2.05, 4.69) is 15.0 Å². The van der Waals surface area contributed by atoms with Gasteiger partial charge in [-0.05, 0) is 101 Å². The van der Waals surface area contributed by atoms with Gasteiger partial charge in [-0.3, -0.25) is 33.6 Å². The zero-order valence-electron chi connectivity index (χ0n) is 30.5. The molecule has 0 fully saturated rings. The summed E-state index contributed by atoms with van der Waals surface area (Å²) >= 11 is 0. The number of aromatic nitrogens is 4. The predicted molar refractivity (Wildman–Crippen MR) is 201 cm³/mol. The van der Waals surface area contributed by atoms with Crippen molar-refractivity contribution in [3.8, 4) is 0 Å². The standard InChI is InChI=1S/C39H38N4O14/c1-17-18(2-6-33(44)45)26-14-27-20(4-8-35(48)49)23(11-38(54)55)31(42-27)16-29-21(5-9-36(50)51)24(12-39(56)57)32(43-29)15-28-19(3-7-34(46)47)22(10-37(52)53)30(41-28)13-25(17)40-26/h13-16,40,42H,2-12H2,1H3,(H,44,45)(H,46,47)(H,48,49)(H,50,51)(H,52,53)(H,54,55)(H,56,57). The summed E-state index contributed by atoms with van der Waals surface area (Å²) < 4.78 is 0. The van der Waals surface area contributed by atoms with Crippen LogP contribution in [0.25, 0.3) is 44.4 Å². The number of aliphatic carboxylic acids is 7. The molecule has 298 valence electrons. The van der Waals surface area contributed by atoms with Gasteiger partial charge in [-0.1, -0.05) is 0 Å². The van der Waals surface area contributed by atoms with Crippen molar-refractivity contribution in [3.05, 3.63) is 69.3 Å². The van der Waals surface area contributed by atoms with Gasteiger partial charge >= 0.3 is 41.8 Å². The molecule has 9 N–H and O–H groups in total. The highest BCUT2D eigenvalue weighted by atomic mass is 16.4. The number of carbonyl (C=O) groups is 7. The van der Waals surface area contributed by atoms with Crippen LogP contribution in [0, 0.1) is 6.92 Å². The summed E-state index contributed by atoms with van der Waals surface area (Å²) in [7, 11) is 0. The maximum atomic E-state index is 12.3. The van der Waals surface area contributed by atoms with Crippen LogP contribution in [0.2, 0.25) is 0 Å². The summed E-state index contributed by atoms with van der Waals surface area (Å²) in [5.74, 6) is -8.49. The van der Waals surface area contributed by atoms with Gasteiger partial charge in [-0.2, -0.15) is 0 Å². The smallest absolute Gasteiger partial charge is 0.307 e. The van der Waals surface area contributed by atoms with Gasteiger partial charge in [-0.25, -0.2) is 9.97 Å². The van der Waals surface area contributed by atoms with Crippen LogP contribution in [0.15, 0.2) is 24.3 Å². The van der Waals surface area contributed by atoms with Gasteiger partial charge in [0, 0.05) is 47.8 Å². The van der Waals surface area contributed by atoms with Gasteiger partial charge in [0.15, 0.2) is 0 Å².